The van der Waals surface area contributed by atoms with Gasteiger partial charge in [0.25, 0.3) is 0 Å². The van der Waals surface area contributed by atoms with Crippen molar-refractivity contribution in [2.45, 2.75) is 10.1 Å². The van der Waals surface area contributed by atoms with Gasteiger partial charge in [0.1, 0.15) is 16.7 Å². The molecule has 0 radical (unpaired) electrons. The minimum atomic E-state index is -0.522. The van der Waals surface area contributed by atoms with Crippen molar-refractivity contribution in [3.8, 4) is 11.5 Å². The van der Waals surface area contributed by atoms with Gasteiger partial charge < -0.3 is 20.5 Å². The number of hydrogen-bond donors (Lipinski definition) is 2. The van der Waals surface area contributed by atoms with Gasteiger partial charge in [-0.3, -0.25) is 4.79 Å². The van der Waals surface area contributed by atoms with Crippen molar-refractivity contribution in [3.63, 3.8) is 0 Å². The van der Waals surface area contributed by atoms with Crippen molar-refractivity contribution in [1.82, 2.24) is 0 Å². The third-order valence-electron chi connectivity index (χ3n) is 4.24. The van der Waals surface area contributed by atoms with E-state index in [1.165, 1.54) is 26.0 Å². The van der Waals surface area contributed by atoms with Crippen LogP contribution in [0.3, 0.4) is 0 Å². The minimum Gasteiger partial charge on any atom is -0.495 e. The van der Waals surface area contributed by atoms with E-state index in [9.17, 15) is 4.79 Å². The Hall–Kier alpha value is -2.83. The van der Waals surface area contributed by atoms with Gasteiger partial charge >= 0.3 is 0 Å². The Labute approximate surface area is 179 Å². The van der Waals surface area contributed by atoms with Crippen LogP contribution in [0.4, 0.5) is 11.4 Å². The largest absolute Gasteiger partial charge is 0.495 e. The minimum absolute atomic E-state index is 0.219. The molecule has 0 aliphatic heterocycles. The number of benzene rings is 3. The Kier molecular flexibility index (Phi) is 6.90. The summed E-state index contributed by atoms with van der Waals surface area (Å²) >= 11 is 7.62. The van der Waals surface area contributed by atoms with Crippen molar-refractivity contribution >= 4 is 40.6 Å². The zero-order chi connectivity index (χ0) is 20.8. The number of carbonyl (C=O) groups is 1. The monoisotopic (exact) mass is 428 g/mol. The molecule has 150 valence electrons. The van der Waals surface area contributed by atoms with Crippen LogP contribution < -0.4 is 20.5 Å². The zero-order valence-corrected chi connectivity index (χ0v) is 17.6. The van der Waals surface area contributed by atoms with Crippen LogP contribution in [0, 0.1) is 0 Å². The maximum atomic E-state index is 13.3. The van der Waals surface area contributed by atoms with Gasteiger partial charge in [0, 0.05) is 16.6 Å². The van der Waals surface area contributed by atoms with Crippen molar-refractivity contribution in [2.24, 2.45) is 0 Å². The fourth-order valence-electron chi connectivity index (χ4n) is 2.77. The number of amides is 1. The van der Waals surface area contributed by atoms with Crippen molar-refractivity contribution in [2.75, 3.05) is 25.3 Å². The summed E-state index contributed by atoms with van der Waals surface area (Å²) in [6.45, 7) is 0. The molecule has 0 heterocycles. The molecule has 0 unspecified atom stereocenters. The highest BCUT2D eigenvalue weighted by Crippen LogP contribution is 2.41. The Bertz CT molecular complexity index is 999. The normalized spacial score (nSPS) is 11.6. The molecule has 3 aromatic carbocycles. The molecule has 3 rings (SSSR count). The van der Waals surface area contributed by atoms with E-state index in [1.807, 2.05) is 54.6 Å². The molecule has 3 N–H and O–H groups in total. The third-order valence-corrected chi connectivity index (χ3v) is 5.88. The van der Waals surface area contributed by atoms with Gasteiger partial charge in [0.15, 0.2) is 0 Å². The first-order valence-electron chi connectivity index (χ1n) is 8.82. The summed E-state index contributed by atoms with van der Waals surface area (Å²) in [4.78, 5) is 14.1. The molecule has 0 saturated carbocycles. The van der Waals surface area contributed by atoms with Gasteiger partial charge in [-0.15, -0.1) is 11.8 Å². The first-order valence-corrected chi connectivity index (χ1v) is 10.1. The number of carbonyl (C=O) groups excluding carboxylic acids is 1. The molecular formula is C22H21ClN2O3S. The van der Waals surface area contributed by atoms with Crippen molar-refractivity contribution in [3.05, 3.63) is 77.3 Å². The number of halogens is 1. The van der Waals surface area contributed by atoms with E-state index in [0.29, 0.717) is 27.9 Å². The highest BCUT2D eigenvalue weighted by molar-refractivity contribution is 8.00. The number of methoxy groups -OCH3 is 2. The highest BCUT2D eigenvalue weighted by atomic mass is 35.5. The smallest absolute Gasteiger partial charge is 0.242 e. The lowest BCUT2D eigenvalue weighted by Gasteiger charge is -2.19. The van der Waals surface area contributed by atoms with E-state index >= 15 is 0 Å². The fraction of sp³-hybridized carbons (Fsp3) is 0.136. The summed E-state index contributed by atoms with van der Waals surface area (Å²) < 4.78 is 10.6. The third kappa shape index (κ3) is 4.96. The molecule has 1 atom stereocenters. The zero-order valence-electron chi connectivity index (χ0n) is 16.0. The van der Waals surface area contributed by atoms with Crippen molar-refractivity contribution in [1.29, 1.82) is 0 Å². The number of nitrogens with two attached hydrogens (primary N) is 1. The highest BCUT2D eigenvalue weighted by Gasteiger charge is 2.24. The summed E-state index contributed by atoms with van der Waals surface area (Å²) in [6, 6.07) is 20.2. The Balaban J connectivity index is 1.93. The number of thioether (sulfide) groups is 1. The SMILES string of the molecule is COc1cc(OC)c(NC(=O)[C@H](Sc2ccccc2N)c2ccccc2)cc1Cl. The number of hydrogen-bond acceptors (Lipinski definition) is 5. The molecular weight excluding hydrogens is 408 g/mol. The van der Waals surface area contributed by atoms with E-state index in [2.05, 4.69) is 5.32 Å². The summed E-state index contributed by atoms with van der Waals surface area (Å²) in [7, 11) is 3.04. The number of para-hydroxylation sites is 1. The molecule has 7 heteroatoms. The summed E-state index contributed by atoms with van der Waals surface area (Å²) in [5, 5.41) is 2.78. The first-order chi connectivity index (χ1) is 14.0. The van der Waals surface area contributed by atoms with E-state index in [1.54, 1.807) is 12.1 Å². The quantitative estimate of drug-likeness (QED) is 0.388. The van der Waals surface area contributed by atoms with E-state index < -0.39 is 5.25 Å². The second-order valence-electron chi connectivity index (χ2n) is 6.12. The predicted molar refractivity (Wildman–Crippen MR) is 119 cm³/mol. The Morgan fingerprint density at radius 3 is 2.31 bits per heavy atom. The van der Waals surface area contributed by atoms with Gasteiger partial charge in [0.2, 0.25) is 5.91 Å². The Morgan fingerprint density at radius 1 is 1.00 bits per heavy atom. The number of rotatable bonds is 7. The number of nitrogen functional groups attached to an aromatic ring is 1. The summed E-state index contributed by atoms with van der Waals surface area (Å²) in [5.74, 6) is 0.701. The average molecular weight is 429 g/mol. The molecule has 5 nitrogen and oxygen atoms in total. The van der Waals surface area contributed by atoms with Gasteiger partial charge in [-0.25, -0.2) is 0 Å². The van der Waals surface area contributed by atoms with E-state index in [0.717, 1.165) is 10.5 Å². The maximum absolute atomic E-state index is 13.3. The predicted octanol–water partition coefficient (Wildman–Crippen LogP) is 5.41. The van der Waals surface area contributed by atoms with Gasteiger partial charge in [-0.1, -0.05) is 54.1 Å². The Morgan fingerprint density at radius 2 is 1.66 bits per heavy atom. The van der Waals surface area contributed by atoms with Crippen LogP contribution in [-0.2, 0) is 4.79 Å². The molecule has 0 aliphatic carbocycles. The van der Waals surface area contributed by atoms with Gasteiger partial charge in [-0.05, 0) is 23.8 Å². The lowest BCUT2D eigenvalue weighted by molar-refractivity contribution is -0.115. The molecule has 0 aromatic heterocycles. The second-order valence-corrected chi connectivity index (χ2v) is 7.68. The topological polar surface area (TPSA) is 73.6 Å². The van der Waals surface area contributed by atoms with Crippen LogP contribution in [-0.4, -0.2) is 20.1 Å². The maximum Gasteiger partial charge on any atom is 0.242 e. The van der Waals surface area contributed by atoms with Crippen LogP contribution in [0.25, 0.3) is 0 Å². The first kappa shape index (κ1) is 20.9. The molecule has 3 aromatic rings. The average Bonchev–Trinajstić information content (AvgIpc) is 2.74. The van der Waals surface area contributed by atoms with Crippen LogP contribution in [0.5, 0.6) is 11.5 Å². The number of anilines is 2. The van der Waals surface area contributed by atoms with Crippen LogP contribution in [0.2, 0.25) is 5.02 Å². The molecule has 0 saturated heterocycles. The molecule has 29 heavy (non-hydrogen) atoms. The summed E-state index contributed by atoms with van der Waals surface area (Å²) in [6.07, 6.45) is 0. The second kappa shape index (κ2) is 9.58. The lowest BCUT2D eigenvalue weighted by Crippen LogP contribution is -2.19. The lowest BCUT2D eigenvalue weighted by atomic mass is 10.1. The van der Waals surface area contributed by atoms with Crippen LogP contribution in [0.15, 0.2) is 71.6 Å². The molecule has 1 amide bonds. The standard InChI is InChI=1S/C22H21ClN2O3S/c1-27-18-13-19(28-2)17(12-15(18)23)25-22(26)21(14-8-4-3-5-9-14)29-20-11-7-6-10-16(20)24/h3-13,21H,24H2,1-2H3,(H,25,26)/t21-/m1/s1. The van der Waals surface area contributed by atoms with E-state index in [4.69, 9.17) is 26.8 Å². The van der Waals surface area contributed by atoms with Crippen LogP contribution >= 0.6 is 23.4 Å². The van der Waals surface area contributed by atoms with Crippen molar-refractivity contribution < 1.29 is 14.3 Å². The number of ether oxygens (including phenoxy) is 2. The van der Waals surface area contributed by atoms with Gasteiger partial charge in [0.05, 0.1) is 24.9 Å². The van der Waals surface area contributed by atoms with Gasteiger partial charge in [-0.2, -0.15) is 0 Å². The molecule has 0 fully saturated rings. The van der Waals surface area contributed by atoms with E-state index in [-0.39, 0.29) is 5.91 Å². The fourth-order valence-corrected chi connectivity index (χ4v) is 4.09. The molecule has 0 aliphatic rings. The summed E-state index contributed by atoms with van der Waals surface area (Å²) in [5.41, 5.74) is 8.04. The molecule has 0 bridgehead atoms. The number of nitrogens with one attached hydrogen (secondary N) is 1. The van der Waals surface area contributed by atoms with Crippen LogP contribution in [0.1, 0.15) is 10.8 Å². The molecule has 0 spiro atoms.